The fraction of sp³-hybridized carbons (Fsp3) is 0.800. The zero-order valence-corrected chi connectivity index (χ0v) is 13.9. The Morgan fingerprint density at radius 3 is 2.80 bits per heavy atom. The summed E-state index contributed by atoms with van der Waals surface area (Å²) < 4.78 is 0. The number of nitrogens with zero attached hydrogens (tertiary/aromatic N) is 2. The van der Waals surface area contributed by atoms with E-state index in [4.69, 9.17) is 5.73 Å². The Hall–Kier alpha value is -0.320. The van der Waals surface area contributed by atoms with Gasteiger partial charge in [0, 0.05) is 24.2 Å². The van der Waals surface area contributed by atoms with Gasteiger partial charge in [-0.15, -0.1) is 23.7 Å². The third-order valence-electron chi connectivity index (χ3n) is 5.26. The van der Waals surface area contributed by atoms with Gasteiger partial charge in [-0.05, 0) is 37.1 Å². The highest BCUT2D eigenvalue weighted by atomic mass is 35.5. The Labute approximate surface area is 132 Å². The van der Waals surface area contributed by atoms with Crippen molar-refractivity contribution in [3.8, 4) is 0 Å². The molecule has 1 saturated carbocycles. The van der Waals surface area contributed by atoms with Crippen molar-refractivity contribution in [3.05, 3.63) is 11.1 Å². The molecule has 1 spiro atoms. The van der Waals surface area contributed by atoms with Gasteiger partial charge in [-0.3, -0.25) is 4.90 Å². The molecule has 1 aromatic rings. The number of anilines is 1. The lowest BCUT2D eigenvalue weighted by Gasteiger charge is -2.49. The van der Waals surface area contributed by atoms with E-state index in [9.17, 15) is 0 Å². The minimum atomic E-state index is 0. The van der Waals surface area contributed by atoms with Crippen LogP contribution in [0.15, 0.2) is 6.20 Å². The highest BCUT2D eigenvalue weighted by Crippen LogP contribution is 2.47. The summed E-state index contributed by atoms with van der Waals surface area (Å²) in [6, 6.07) is 0. The van der Waals surface area contributed by atoms with Crippen molar-refractivity contribution in [2.45, 2.75) is 52.0 Å². The molecule has 114 valence electrons. The molecule has 3 rings (SSSR count). The predicted octanol–water partition coefficient (Wildman–Crippen LogP) is 3.94. The van der Waals surface area contributed by atoms with Gasteiger partial charge < -0.3 is 5.73 Å². The zero-order valence-electron chi connectivity index (χ0n) is 12.3. The van der Waals surface area contributed by atoms with Gasteiger partial charge in [-0.1, -0.05) is 26.2 Å². The monoisotopic (exact) mass is 315 g/mol. The molecule has 0 radical (unpaired) electrons. The highest BCUT2D eigenvalue weighted by Gasteiger charge is 2.41. The highest BCUT2D eigenvalue weighted by molar-refractivity contribution is 7.15. The van der Waals surface area contributed by atoms with E-state index in [2.05, 4.69) is 16.8 Å². The summed E-state index contributed by atoms with van der Waals surface area (Å²) in [7, 11) is 0. The molecule has 0 aromatic carbocycles. The van der Waals surface area contributed by atoms with E-state index in [-0.39, 0.29) is 12.4 Å². The number of piperidine rings is 1. The number of thiazole rings is 1. The van der Waals surface area contributed by atoms with Crippen LogP contribution < -0.4 is 5.73 Å². The van der Waals surface area contributed by atoms with E-state index in [1.807, 2.05) is 6.20 Å². The number of nitrogen functional groups attached to an aromatic ring is 1. The Kier molecular flexibility index (Phi) is 5.32. The molecule has 1 saturated heterocycles. The number of aromatic nitrogens is 1. The van der Waals surface area contributed by atoms with Crippen molar-refractivity contribution in [1.82, 2.24) is 9.88 Å². The van der Waals surface area contributed by atoms with E-state index >= 15 is 0 Å². The van der Waals surface area contributed by atoms with Crippen molar-refractivity contribution in [2.75, 3.05) is 18.8 Å². The molecule has 0 amide bonds. The normalized spacial score (nSPS) is 26.4. The van der Waals surface area contributed by atoms with Crippen LogP contribution in [0.4, 0.5) is 5.13 Å². The van der Waals surface area contributed by atoms with Crippen LogP contribution in [-0.2, 0) is 6.54 Å². The number of nitrogens with two attached hydrogens (primary N) is 1. The van der Waals surface area contributed by atoms with E-state index in [1.165, 1.54) is 56.5 Å². The quantitative estimate of drug-likeness (QED) is 0.899. The number of halogens is 1. The molecule has 0 bridgehead atoms. The van der Waals surface area contributed by atoms with Gasteiger partial charge >= 0.3 is 0 Å². The van der Waals surface area contributed by atoms with E-state index in [1.54, 1.807) is 11.3 Å². The molecule has 1 aliphatic heterocycles. The zero-order chi connectivity index (χ0) is 13.3. The van der Waals surface area contributed by atoms with Crippen LogP contribution in [-0.4, -0.2) is 23.0 Å². The molecule has 2 heterocycles. The summed E-state index contributed by atoms with van der Waals surface area (Å²) in [6.07, 6.45) is 10.5. The first-order valence-electron chi connectivity index (χ1n) is 7.60. The molecule has 2 aliphatic rings. The molecule has 2 fully saturated rings. The molecule has 1 aromatic heterocycles. The van der Waals surface area contributed by atoms with Crippen LogP contribution in [0.3, 0.4) is 0 Å². The average molecular weight is 316 g/mol. The molecule has 3 nitrogen and oxygen atoms in total. The maximum Gasteiger partial charge on any atom is 0.180 e. The van der Waals surface area contributed by atoms with Gasteiger partial charge in [-0.25, -0.2) is 4.98 Å². The topological polar surface area (TPSA) is 42.2 Å². The van der Waals surface area contributed by atoms with Crippen LogP contribution in [0.5, 0.6) is 0 Å². The Morgan fingerprint density at radius 1 is 1.40 bits per heavy atom. The Balaban J connectivity index is 0.00000147. The number of rotatable bonds is 2. The first-order chi connectivity index (χ1) is 9.18. The van der Waals surface area contributed by atoms with Crippen LogP contribution in [0, 0.1) is 11.3 Å². The predicted molar refractivity (Wildman–Crippen MR) is 88.4 cm³/mol. The van der Waals surface area contributed by atoms with Gasteiger partial charge in [0.1, 0.15) is 0 Å². The number of hydrogen-bond acceptors (Lipinski definition) is 4. The van der Waals surface area contributed by atoms with Crippen molar-refractivity contribution in [1.29, 1.82) is 0 Å². The van der Waals surface area contributed by atoms with Crippen LogP contribution >= 0.6 is 23.7 Å². The van der Waals surface area contributed by atoms with Crippen molar-refractivity contribution in [2.24, 2.45) is 11.3 Å². The molecule has 1 unspecified atom stereocenters. The molecule has 1 aliphatic carbocycles. The summed E-state index contributed by atoms with van der Waals surface area (Å²) in [6.45, 7) is 6.05. The SMILES string of the molecule is CC1CCN(Cc2cnc(N)s2)CC12CCCCC2.Cl. The first kappa shape index (κ1) is 16.1. The largest absolute Gasteiger partial charge is 0.375 e. The van der Waals surface area contributed by atoms with Gasteiger partial charge in [0.25, 0.3) is 0 Å². The second-order valence-electron chi connectivity index (χ2n) is 6.49. The third kappa shape index (κ3) is 3.29. The number of hydrogen-bond donors (Lipinski definition) is 1. The average Bonchev–Trinajstić information content (AvgIpc) is 2.81. The molecular weight excluding hydrogens is 290 g/mol. The second-order valence-corrected chi connectivity index (χ2v) is 7.63. The summed E-state index contributed by atoms with van der Waals surface area (Å²) in [5.41, 5.74) is 6.33. The van der Waals surface area contributed by atoms with Crippen LogP contribution in [0.2, 0.25) is 0 Å². The number of likely N-dealkylation sites (tertiary alicyclic amines) is 1. The molecular formula is C15H26ClN3S. The van der Waals surface area contributed by atoms with E-state index in [0.717, 1.165) is 12.5 Å². The lowest BCUT2D eigenvalue weighted by atomic mass is 9.63. The van der Waals surface area contributed by atoms with Gasteiger partial charge in [0.05, 0.1) is 0 Å². The van der Waals surface area contributed by atoms with E-state index in [0.29, 0.717) is 10.5 Å². The van der Waals surface area contributed by atoms with Gasteiger partial charge in [0.15, 0.2) is 5.13 Å². The van der Waals surface area contributed by atoms with E-state index < -0.39 is 0 Å². The summed E-state index contributed by atoms with van der Waals surface area (Å²) >= 11 is 1.64. The minimum absolute atomic E-state index is 0. The first-order valence-corrected chi connectivity index (χ1v) is 8.42. The molecule has 2 N–H and O–H groups in total. The van der Waals surface area contributed by atoms with Gasteiger partial charge in [-0.2, -0.15) is 0 Å². The Morgan fingerprint density at radius 2 is 2.15 bits per heavy atom. The lowest BCUT2D eigenvalue weighted by Crippen LogP contribution is -2.48. The molecule has 5 heteroatoms. The summed E-state index contributed by atoms with van der Waals surface area (Å²) in [5.74, 6) is 0.899. The third-order valence-corrected chi connectivity index (χ3v) is 6.07. The minimum Gasteiger partial charge on any atom is -0.375 e. The van der Waals surface area contributed by atoms with Crippen LogP contribution in [0.1, 0.15) is 50.3 Å². The summed E-state index contributed by atoms with van der Waals surface area (Å²) in [5, 5.41) is 0.702. The fourth-order valence-corrected chi connectivity index (χ4v) is 4.75. The summed E-state index contributed by atoms with van der Waals surface area (Å²) in [4.78, 5) is 8.13. The van der Waals surface area contributed by atoms with Crippen LogP contribution in [0.25, 0.3) is 0 Å². The maximum absolute atomic E-state index is 5.73. The van der Waals surface area contributed by atoms with Crippen molar-refractivity contribution in [3.63, 3.8) is 0 Å². The molecule has 20 heavy (non-hydrogen) atoms. The van der Waals surface area contributed by atoms with Crippen molar-refractivity contribution < 1.29 is 0 Å². The lowest BCUT2D eigenvalue weighted by molar-refractivity contribution is 0.00119. The standard InChI is InChI=1S/C15H25N3S.ClH/c1-12-5-8-18(10-13-9-17-14(16)19-13)11-15(12)6-3-2-4-7-15;/h9,12H,2-8,10-11H2,1H3,(H2,16,17);1H. The fourth-order valence-electron chi connectivity index (χ4n) is 4.02. The van der Waals surface area contributed by atoms with Gasteiger partial charge in [0.2, 0.25) is 0 Å². The second kappa shape index (κ2) is 6.63. The van der Waals surface area contributed by atoms with Crippen molar-refractivity contribution >= 4 is 28.9 Å². The molecule has 1 atom stereocenters. The maximum atomic E-state index is 5.73. The Bertz CT molecular complexity index is 429. The smallest absolute Gasteiger partial charge is 0.180 e.